The highest BCUT2D eigenvalue weighted by atomic mass is 16.2. The molecule has 0 atom stereocenters. The summed E-state index contributed by atoms with van der Waals surface area (Å²) in [5.74, 6) is 0.599. The van der Waals surface area contributed by atoms with Gasteiger partial charge in [-0.2, -0.15) is 0 Å². The van der Waals surface area contributed by atoms with Crippen LogP contribution in [0.1, 0.15) is 27.3 Å². The maximum atomic E-state index is 12.5. The molecule has 1 aromatic carbocycles. The fourth-order valence-electron chi connectivity index (χ4n) is 2.55. The van der Waals surface area contributed by atoms with Gasteiger partial charge in [0.2, 0.25) is 0 Å². The lowest BCUT2D eigenvalue weighted by atomic mass is 10.2. The summed E-state index contributed by atoms with van der Waals surface area (Å²) in [5.41, 5.74) is 4.05. The molecule has 0 aliphatic heterocycles. The number of rotatable bonds is 5. The number of pyridine rings is 1. The first-order valence-electron chi connectivity index (χ1n) is 8.35. The molecule has 0 bridgehead atoms. The summed E-state index contributed by atoms with van der Waals surface area (Å²) < 4.78 is 1.67. The second kappa shape index (κ2) is 7.35. The largest absolute Gasteiger partial charge is 0.363 e. The maximum absolute atomic E-state index is 12.5. The minimum atomic E-state index is -0.246. The van der Waals surface area contributed by atoms with Gasteiger partial charge in [-0.05, 0) is 43.7 Å². The van der Waals surface area contributed by atoms with Crippen molar-refractivity contribution in [3.05, 3.63) is 65.1 Å². The van der Waals surface area contributed by atoms with Gasteiger partial charge < -0.3 is 10.2 Å². The van der Waals surface area contributed by atoms with Crippen LogP contribution in [0.2, 0.25) is 0 Å². The van der Waals surface area contributed by atoms with E-state index < -0.39 is 0 Å². The topological polar surface area (TPSA) is 75.9 Å². The zero-order valence-electron chi connectivity index (χ0n) is 15.4. The van der Waals surface area contributed by atoms with E-state index in [4.69, 9.17) is 0 Å². The van der Waals surface area contributed by atoms with Crippen LogP contribution in [0.4, 0.5) is 5.82 Å². The van der Waals surface area contributed by atoms with Gasteiger partial charge in [-0.15, -0.1) is 5.10 Å². The highest BCUT2D eigenvalue weighted by Gasteiger charge is 2.17. The van der Waals surface area contributed by atoms with Crippen LogP contribution in [0.5, 0.6) is 0 Å². The van der Waals surface area contributed by atoms with E-state index in [9.17, 15) is 4.79 Å². The van der Waals surface area contributed by atoms with E-state index in [1.165, 1.54) is 5.56 Å². The van der Waals surface area contributed by atoms with Crippen LogP contribution < -0.4 is 10.2 Å². The van der Waals surface area contributed by atoms with Crippen molar-refractivity contribution >= 4 is 11.7 Å². The van der Waals surface area contributed by atoms with Crippen molar-refractivity contribution in [2.75, 3.05) is 19.0 Å². The van der Waals surface area contributed by atoms with Gasteiger partial charge in [-0.3, -0.25) is 4.79 Å². The summed E-state index contributed by atoms with van der Waals surface area (Å²) in [6.07, 6.45) is 1.73. The van der Waals surface area contributed by atoms with E-state index in [1.54, 1.807) is 10.9 Å². The van der Waals surface area contributed by atoms with Crippen LogP contribution in [0.3, 0.4) is 0 Å². The molecule has 7 nitrogen and oxygen atoms in total. The fraction of sp³-hybridized carbons (Fsp3) is 0.263. The minimum Gasteiger partial charge on any atom is -0.363 e. The zero-order chi connectivity index (χ0) is 18.7. The smallest absolute Gasteiger partial charge is 0.274 e. The second-order valence-corrected chi connectivity index (χ2v) is 6.37. The number of amides is 1. The Morgan fingerprint density at radius 3 is 2.58 bits per heavy atom. The first kappa shape index (κ1) is 17.6. The Balaban J connectivity index is 1.73. The highest BCUT2D eigenvalue weighted by molar-refractivity contribution is 5.93. The molecule has 1 amide bonds. The molecule has 134 valence electrons. The SMILES string of the molecule is Cc1ccc(-n2nnc(C(=O)NCc3ccnc(N(C)C)c3)c2C)cc1. The molecule has 7 heteroatoms. The van der Waals surface area contributed by atoms with E-state index in [-0.39, 0.29) is 5.91 Å². The van der Waals surface area contributed by atoms with E-state index in [1.807, 2.05) is 69.2 Å². The third-order valence-corrected chi connectivity index (χ3v) is 4.11. The molecular weight excluding hydrogens is 328 g/mol. The Morgan fingerprint density at radius 2 is 1.88 bits per heavy atom. The highest BCUT2D eigenvalue weighted by Crippen LogP contribution is 2.14. The molecule has 3 rings (SSSR count). The fourth-order valence-corrected chi connectivity index (χ4v) is 2.55. The number of nitrogens with one attached hydrogen (secondary N) is 1. The first-order valence-corrected chi connectivity index (χ1v) is 8.35. The Hall–Kier alpha value is -3.22. The molecule has 0 fully saturated rings. The average molecular weight is 350 g/mol. The van der Waals surface area contributed by atoms with Gasteiger partial charge in [0.15, 0.2) is 5.69 Å². The molecular formula is C19H22N6O. The van der Waals surface area contributed by atoms with Gasteiger partial charge in [0.1, 0.15) is 5.82 Å². The van der Waals surface area contributed by atoms with Crippen LogP contribution in [-0.4, -0.2) is 40.0 Å². The number of anilines is 1. The number of nitrogens with zero attached hydrogens (tertiary/aromatic N) is 5. The molecule has 26 heavy (non-hydrogen) atoms. The van der Waals surface area contributed by atoms with Crippen LogP contribution in [0.25, 0.3) is 5.69 Å². The summed E-state index contributed by atoms with van der Waals surface area (Å²) in [6.45, 7) is 4.27. The number of aryl methyl sites for hydroxylation is 1. The molecule has 2 heterocycles. The maximum Gasteiger partial charge on any atom is 0.274 e. The third kappa shape index (κ3) is 3.72. The van der Waals surface area contributed by atoms with Crippen molar-refractivity contribution in [1.29, 1.82) is 0 Å². The summed E-state index contributed by atoms with van der Waals surface area (Å²) >= 11 is 0. The standard InChI is InChI=1S/C19H22N6O/c1-13-5-7-16(8-6-13)25-14(2)18(22-23-25)19(26)21-12-15-9-10-20-17(11-15)24(3)4/h5-11H,12H2,1-4H3,(H,21,26). The van der Waals surface area contributed by atoms with Crippen molar-refractivity contribution < 1.29 is 4.79 Å². The van der Waals surface area contributed by atoms with E-state index >= 15 is 0 Å². The number of aromatic nitrogens is 4. The number of hydrogen-bond acceptors (Lipinski definition) is 5. The van der Waals surface area contributed by atoms with Crippen LogP contribution in [0.15, 0.2) is 42.6 Å². The third-order valence-electron chi connectivity index (χ3n) is 4.11. The number of carbonyl (C=O) groups excluding carboxylic acids is 1. The lowest BCUT2D eigenvalue weighted by molar-refractivity contribution is 0.0945. The quantitative estimate of drug-likeness (QED) is 0.764. The Morgan fingerprint density at radius 1 is 1.15 bits per heavy atom. The molecule has 0 saturated heterocycles. The summed E-state index contributed by atoms with van der Waals surface area (Å²) in [4.78, 5) is 18.7. The van der Waals surface area contributed by atoms with Crippen molar-refractivity contribution in [2.45, 2.75) is 20.4 Å². The van der Waals surface area contributed by atoms with E-state index in [0.29, 0.717) is 17.9 Å². The van der Waals surface area contributed by atoms with Gasteiger partial charge in [0.25, 0.3) is 5.91 Å². The predicted molar refractivity (Wildman–Crippen MR) is 101 cm³/mol. The average Bonchev–Trinajstić information content (AvgIpc) is 3.02. The van der Waals surface area contributed by atoms with Gasteiger partial charge in [-0.1, -0.05) is 22.9 Å². The number of benzene rings is 1. The Bertz CT molecular complexity index is 914. The number of hydrogen-bond donors (Lipinski definition) is 1. The molecule has 0 unspecified atom stereocenters. The van der Waals surface area contributed by atoms with Crippen LogP contribution in [0, 0.1) is 13.8 Å². The molecule has 0 aliphatic carbocycles. The van der Waals surface area contributed by atoms with E-state index in [0.717, 1.165) is 17.1 Å². The van der Waals surface area contributed by atoms with Gasteiger partial charge in [0, 0.05) is 26.8 Å². The summed E-state index contributed by atoms with van der Waals surface area (Å²) in [7, 11) is 3.86. The Kier molecular flexibility index (Phi) is 4.97. The minimum absolute atomic E-state index is 0.246. The molecule has 2 aromatic heterocycles. The van der Waals surface area contributed by atoms with Crippen molar-refractivity contribution in [3.8, 4) is 5.69 Å². The molecule has 0 spiro atoms. The van der Waals surface area contributed by atoms with E-state index in [2.05, 4.69) is 20.6 Å². The van der Waals surface area contributed by atoms with Gasteiger partial charge in [-0.25, -0.2) is 9.67 Å². The normalized spacial score (nSPS) is 10.6. The Labute approximate surface area is 152 Å². The van der Waals surface area contributed by atoms with Gasteiger partial charge >= 0.3 is 0 Å². The van der Waals surface area contributed by atoms with Crippen LogP contribution >= 0.6 is 0 Å². The molecule has 0 saturated carbocycles. The van der Waals surface area contributed by atoms with Crippen molar-refractivity contribution in [2.24, 2.45) is 0 Å². The monoisotopic (exact) mass is 350 g/mol. The van der Waals surface area contributed by atoms with Crippen molar-refractivity contribution in [1.82, 2.24) is 25.3 Å². The predicted octanol–water partition coefficient (Wildman–Crippen LogP) is 2.28. The van der Waals surface area contributed by atoms with Crippen molar-refractivity contribution in [3.63, 3.8) is 0 Å². The lowest BCUT2D eigenvalue weighted by Crippen LogP contribution is -2.24. The summed E-state index contributed by atoms with van der Waals surface area (Å²) in [5, 5.41) is 11.1. The molecule has 1 N–H and O–H groups in total. The first-order chi connectivity index (χ1) is 12.5. The molecule has 3 aromatic rings. The number of carbonyl (C=O) groups is 1. The van der Waals surface area contributed by atoms with Gasteiger partial charge in [0.05, 0.1) is 11.4 Å². The summed E-state index contributed by atoms with van der Waals surface area (Å²) in [6, 6.07) is 11.7. The zero-order valence-corrected chi connectivity index (χ0v) is 15.4. The second-order valence-electron chi connectivity index (χ2n) is 6.37. The molecule has 0 aliphatic rings. The lowest BCUT2D eigenvalue weighted by Gasteiger charge is -2.12. The molecule has 0 radical (unpaired) electrons. The van der Waals surface area contributed by atoms with Crippen LogP contribution in [-0.2, 0) is 6.54 Å².